The van der Waals surface area contributed by atoms with Crippen molar-refractivity contribution in [1.29, 1.82) is 0 Å². The van der Waals surface area contributed by atoms with Gasteiger partial charge in [-0.2, -0.15) is 0 Å². The molecule has 1 aromatic carbocycles. The summed E-state index contributed by atoms with van der Waals surface area (Å²) in [7, 11) is 2.13. The van der Waals surface area contributed by atoms with E-state index >= 15 is 0 Å². The Morgan fingerprint density at radius 3 is 2.61 bits per heavy atom. The molecule has 4 heterocycles. The van der Waals surface area contributed by atoms with Crippen molar-refractivity contribution in [2.75, 3.05) is 39.9 Å². The van der Waals surface area contributed by atoms with Crippen LogP contribution < -0.4 is 0 Å². The summed E-state index contributed by atoms with van der Waals surface area (Å²) in [6, 6.07) is 10.5. The molecule has 0 N–H and O–H groups in total. The lowest BCUT2D eigenvalue weighted by atomic mass is 9.77. The van der Waals surface area contributed by atoms with Crippen molar-refractivity contribution < 1.29 is 13.9 Å². The molecule has 0 aliphatic carbocycles. The van der Waals surface area contributed by atoms with E-state index < -0.39 is 0 Å². The van der Waals surface area contributed by atoms with E-state index in [1.54, 1.807) is 0 Å². The molecule has 31 heavy (non-hydrogen) atoms. The van der Waals surface area contributed by atoms with Gasteiger partial charge in [-0.3, -0.25) is 9.69 Å². The molecule has 3 aliphatic rings. The fourth-order valence-electron chi connectivity index (χ4n) is 5.45. The van der Waals surface area contributed by atoms with Crippen LogP contribution in [0.15, 0.2) is 34.7 Å². The number of ether oxygens (including phenoxy) is 1. The minimum atomic E-state index is 0.149. The third-order valence-electron chi connectivity index (χ3n) is 7.16. The summed E-state index contributed by atoms with van der Waals surface area (Å²) in [4.78, 5) is 17.0. The topological polar surface area (TPSA) is 71.7 Å². The van der Waals surface area contributed by atoms with Crippen molar-refractivity contribution in [2.45, 2.75) is 50.5 Å². The average Bonchev–Trinajstić information content (AvgIpc) is 3.39. The van der Waals surface area contributed by atoms with Crippen molar-refractivity contribution in [3.8, 4) is 0 Å². The van der Waals surface area contributed by atoms with Crippen LogP contribution in [0.25, 0.3) is 0 Å². The lowest BCUT2D eigenvalue weighted by Crippen LogP contribution is -2.59. The Morgan fingerprint density at radius 2 is 1.84 bits per heavy atom. The molecule has 1 spiro atoms. The van der Waals surface area contributed by atoms with Crippen molar-refractivity contribution in [2.24, 2.45) is 5.41 Å². The van der Waals surface area contributed by atoms with Gasteiger partial charge in [0.1, 0.15) is 0 Å². The molecule has 1 aromatic heterocycles. The van der Waals surface area contributed by atoms with E-state index in [1.807, 2.05) is 11.0 Å². The van der Waals surface area contributed by atoms with E-state index in [0.717, 1.165) is 76.7 Å². The van der Waals surface area contributed by atoms with Gasteiger partial charge < -0.3 is 14.1 Å². The second kappa shape index (κ2) is 8.71. The van der Waals surface area contributed by atoms with Gasteiger partial charge in [-0.05, 0) is 44.7 Å². The molecule has 3 saturated heterocycles. The first kappa shape index (κ1) is 20.6. The van der Waals surface area contributed by atoms with Crippen molar-refractivity contribution in [3.05, 3.63) is 47.7 Å². The maximum atomic E-state index is 12.6. The Bertz CT molecular complexity index is 887. The van der Waals surface area contributed by atoms with E-state index in [1.165, 1.54) is 5.56 Å². The Hall–Kier alpha value is -2.25. The number of likely N-dealkylation sites (tertiary alicyclic amines) is 2. The van der Waals surface area contributed by atoms with Crippen molar-refractivity contribution in [3.63, 3.8) is 0 Å². The van der Waals surface area contributed by atoms with E-state index in [9.17, 15) is 4.79 Å². The van der Waals surface area contributed by atoms with E-state index in [4.69, 9.17) is 9.15 Å². The summed E-state index contributed by atoms with van der Waals surface area (Å²) in [5, 5.41) is 8.74. The maximum absolute atomic E-state index is 12.6. The van der Waals surface area contributed by atoms with Gasteiger partial charge in [0, 0.05) is 50.6 Å². The molecule has 3 fully saturated rings. The summed E-state index contributed by atoms with van der Waals surface area (Å²) in [5.74, 6) is 2.10. The van der Waals surface area contributed by atoms with Crippen LogP contribution in [0.3, 0.4) is 0 Å². The van der Waals surface area contributed by atoms with Gasteiger partial charge in [0.25, 0.3) is 0 Å². The fourth-order valence-corrected chi connectivity index (χ4v) is 5.45. The molecule has 7 heteroatoms. The monoisotopic (exact) mass is 424 g/mol. The molecular weight excluding hydrogens is 392 g/mol. The molecular formula is C24H32N4O3. The summed E-state index contributed by atoms with van der Waals surface area (Å²) in [5.41, 5.74) is 1.47. The zero-order valence-electron chi connectivity index (χ0n) is 18.3. The van der Waals surface area contributed by atoms with Crippen LogP contribution in [-0.4, -0.2) is 65.8 Å². The Labute approximate surface area is 183 Å². The predicted octanol–water partition coefficient (Wildman–Crippen LogP) is 3.19. The summed E-state index contributed by atoms with van der Waals surface area (Å²) in [6.45, 7) is 4.20. The van der Waals surface area contributed by atoms with Gasteiger partial charge in [0.15, 0.2) is 0 Å². The van der Waals surface area contributed by atoms with Crippen LogP contribution >= 0.6 is 0 Å². The highest BCUT2D eigenvalue weighted by Crippen LogP contribution is 2.47. The Morgan fingerprint density at radius 1 is 1.10 bits per heavy atom. The van der Waals surface area contributed by atoms with Crippen LogP contribution in [0.1, 0.15) is 61.4 Å². The van der Waals surface area contributed by atoms with E-state index in [0.29, 0.717) is 12.3 Å². The highest BCUT2D eigenvalue weighted by atomic mass is 16.5. The minimum absolute atomic E-state index is 0.149. The highest BCUT2D eigenvalue weighted by molar-refractivity contribution is 5.77. The summed E-state index contributed by atoms with van der Waals surface area (Å²) >= 11 is 0. The SMILES string of the molecule is CN1CC2(CC1c1nnc(C3CCOCC3)o1)CN(C(=O)CCCc1ccccc1)C2. The Kier molecular flexibility index (Phi) is 5.80. The average molecular weight is 425 g/mol. The molecule has 5 rings (SSSR count). The molecule has 0 radical (unpaired) electrons. The summed E-state index contributed by atoms with van der Waals surface area (Å²) in [6.07, 6.45) is 5.38. The molecule has 3 aliphatic heterocycles. The van der Waals surface area contributed by atoms with Gasteiger partial charge in [-0.15, -0.1) is 10.2 Å². The lowest BCUT2D eigenvalue weighted by molar-refractivity contribution is -0.142. The molecule has 1 unspecified atom stereocenters. The largest absolute Gasteiger partial charge is 0.423 e. The third kappa shape index (κ3) is 4.39. The van der Waals surface area contributed by atoms with E-state index in [-0.39, 0.29) is 17.4 Å². The van der Waals surface area contributed by atoms with Crippen molar-refractivity contribution >= 4 is 5.91 Å². The highest BCUT2D eigenvalue weighted by Gasteiger charge is 2.53. The number of carbonyl (C=O) groups excluding carboxylic acids is 1. The minimum Gasteiger partial charge on any atom is -0.423 e. The number of hydrogen-bond acceptors (Lipinski definition) is 6. The molecule has 0 saturated carbocycles. The molecule has 1 amide bonds. The van der Waals surface area contributed by atoms with Gasteiger partial charge in [0.05, 0.1) is 6.04 Å². The quantitative estimate of drug-likeness (QED) is 0.709. The molecule has 2 aromatic rings. The second-order valence-corrected chi connectivity index (χ2v) is 9.59. The molecule has 1 atom stereocenters. The number of nitrogens with zero attached hydrogens (tertiary/aromatic N) is 4. The van der Waals surface area contributed by atoms with Crippen LogP contribution in [0.4, 0.5) is 0 Å². The maximum Gasteiger partial charge on any atom is 0.233 e. The number of aromatic nitrogens is 2. The number of aryl methyl sites for hydroxylation is 1. The van der Waals surface area contributed by atoms with Crippen molar-refractivity contribution in [1.82, 2.24) is 20.0 Å². The van der Waals surface area contributed by atoms with E-state index in [2.05, 4.69) is 46.4 Å². The third-order valence-corrected chi connectivity index (χ3v) is 7.16. The molecule has 7 nitrogen and oxygen atoms in total. The fraction of sp³-hybridized carbons (Fsp3) is 0.625. The first-order valence-corrected chi connectivity index (χ1v) is 11.5. The van der Waals surface area contributed by atoms with Gasteiger partial charge in [0.2, 0.25) is 17.7 Å². The van der Waals surface area contributed by atoms with Gasteiger partial charge >= 0.3 is 0 Å². The standard InChI is InChI=1S/C24H32N4O3/c1-27-15-24(14-20(27)23-26-25-22(31-23)19-10-12-30-13-11-19)16-28(17-24)21(29)9-5-8-18-6-3-2-4-7-18/h2-4,6-7,19-20H,5,8-17H2,1H3. The Balaban J connectivity index is 1.12. The smallest absolute Gasteiger partial charge is 0.233 e. The molecule has 0 bridgehead atoms. The first-order chi connectivity index (χ1) is 15.1. The number of benzene rings is 1. The van der Waals surface area contributed by atoms with Gasteiger partial charge in [-0.25, -0.2) is 0 Å². The molecule has 166 valence electrons. The number of rotatable bonds is 6. The zero-order chi connectivity index (χ0) is 21.3. The predicted molar refractivity (Wildman–Crippen MR) is 115 cm³/mol. The number of carbonyl (C=O) groups is 1. The lowest BCUT2D eigenvalue weighted by Gasteiger charge is -2.48. The number of amides is 1. The van der Waals surface area contributed by atoms with Crippen LogP contribution in [-0.2, 0) is 16.0 Å². The van der Waals surface area contributed by atoms with Crippen LogP contribution in [0.2, 0.25) is 0 Å². The van der Waals surface area contributed by atoms with Crippen LogP contribution in [0.5, 0.6) is 0 Å². The second-order valence-electron chi connectivity index (χ2n) is 9.59. The number of hydrogen-bond donors (Lipinski definition) is 0. The zero-order valence-corrected chi connectivity index (χ0v) is 18.3. The summed E-state index contributed by atoms with van der Waals surface area (Å²) < 4.78 is 11.5. The normalized spacial score (nSPS) is 23.9. The first-order valence-electron chi connectivity index (χ1n) is 11.5. The van der Waals surface area contributed by atoms with Crippen LogP contribution in [0, 0.1) is 5.41 Å². The van der Waals surface area contributed by atoms with Gasteiger partial charge in [-0.1, -0.05) is 30.3 Å².